The average molecular weight is 297 g/mol. The molecule has 112 valence electrons. The van der Waals surface area contributed by atoms with Crippen LogP contribution in [-0.4, -0.2) is 25.3 Å². The molecule has 5 nitrogen and oxygen atoms in total. The fourth-order valence-corrected chi connectivity index (χ4v) is 2.55. The fourth-order valence-electron chi connectivity index (χ4n) is 2.55. The highest BCUT2D eigenvalue weighted by Crippen LogP contribution is 2.38. The quantitative estimate of drug-likeness (QED) is 0.691. The lowest BCUT2D eigenvalue weighted by atomic mass is 9.98. The van der Waals surface area contributed by atoms with Crippen molar-refractivity contribution >= 4 is 16.7 Å². The lowest BCUT2D eigenvalue weighted by molar-refractivity contribution is 0.0599. The zero-order chi connectivity index (χ0) is 15.7. The molecule has 22 heavy (non-hydrogen) atoms. The van der Waals surface area contributed by atoms with Crippen LogP contribution in [0.3, 0.4) is 0 Å². The Hall–Kier alpha value is -2.82. The molecule has 5 heteroatoms. The van der Waals surface area contributed by atoms with Gasteiger partial charge in [0.1, 0.15) is 22.8 Å². The van der Waals surface area contributed by atoms with Gasteiger partial charge in [-0.05, 0) is 23.8 Å². The number of fused-ring (bicyclic) bond motifs is 1. The molecule has 0 radical (unpaired) electrons. The van der Waals surface area contributed by atoms with E-state index in [1.807, 2.05) is 36.4 Å². The maximum absolute atomic E-state index is 12.1. The number of benzene rings is 2. The van der Waals surface area contributed by atoms with Crippen molar-refractivity contribution in [3.63, 3.8) is 0 Å². The molecule has 0 saturated carbocycles. The third-order valence-electron chi connectivity index (χ3n) is 3.60. The van der Waals surface area contributed by atoms with Gasteiger partial charge in [0, 0.05) is 0 Å². The van der Waals surface area contributed by atoms with Crippen LogP contribution in [0.1, 0.15) is 16.1 Å². The van der Waals surface area contributed by atoms with Gasteiger partial charge < -0.3 is 14.0 Å². The number of rotatable bonds is 3. The number of aryl methyl sites for hydroxylation is 1. The van der Waals surface area contributed by atoms with Gasteiger partial charge in [-0.1, -0.05) is 35.5 Å². The molecule has 0 aliphatic heterocycles. The third kappa shape index (κ3) is 2.11. The molecule has 3 aromatic rings. The summed E-state index contributed by atoms with van der Waals surface area (Å²) in [5.41, 5.74) is 1.47. The summed E-state index contributed by atoms with van der Waals surface area (Å²) in [5.74, 6) is 0.553. The minimum absolute atomic E-state index is 0.317. The van der Waals surface area contributed by atoms with E-state index < -0.39 is 5.97 Å². The van der Waals surface area contributed by atoms with Gasteiger partial charge in [-0.15, -0.1) is 0 Å². The Balaban J connectivity index is 2.37. The number of hydrogen-bond donors (Lipinski definition) is 0. The zero-order valence-corrected chi connectivity index (χ0v) is 12.5. The van der Waals surface area contributed by atoms with Crippen molar-refractivity contribution in [3.8, 4) is 17.0 Å². The van der Waals surface area contributed by atoms with E-state index in [-0.39, 0.29) is 0 Å². The number of esters is 1. The van der Waals surface area contributed by atoms with Crippen molar-refractivity contribution in [1.29, 1.82) is 0 Å². The largest absolute Gasteiger partial charge is 0.496 e. The Morgan fingerprint density at radius 1 is 1.14 bits per heavy atom. The molecule has 0 unspecified atom stereocenters. The van der Waals surface area contributed by atoms with Crippen molar-refractivity contribution in [2.45, 2.75) is 6.92 Å². The molecule has 0 atom stereocenters. The first-order valence-electron chi connectivity index (χ1n) is 6.78. The first-order chi connectivity index (χ1) is 10.7. The summed E-state index contributed by atoms with van der Waals surface area (Å²) in [4.78, 5) is 12.1. The molecule has 0 spiro atoms. The van der Waals surface area contributed by atoms with Crippen molar-refractivity contribution in [2.75, 3.05) is 14.2 Å². The standard InChI is InChI=1S/C17H15NO4/c1-10-14(17(19)21-3)16(18-22-10)15-12-7-5-4-6-11(12)8-9-13(15)20-2/h4-9H,1-3H3. The normalized spacial score (nSPS) is 10.7. The monoisotopic (exact) mass is 297 g/mol. The van der Waals surface area contributed by atoms with Crippen molar-refractivity contribution < 1.29 is 18.8 Å². The Labute approximate surface area is 127 Å². The average Bonchev–Trinajstić information content (AvgIpc) is 2.94. The Kier molecular flexibility index (Phi) is 3.55. The SMILES string of the molecule is COC(=O)c1c(-c2c(OC)ccc3ccccc23)noc1C. The molecule has 0 bridgehead atoms. The number of carbonyl (C=O) groups excluding carboxylic acids is 1. The molecule has 3 rings (SSSR count). The summed E-state index contributed by atoms with van der Waals surface area (Å²) in [5, 5.41) is 6.01. The number of carbonyl (C=O) groups is 1. The van der Waals surface area contributed by atoms with Crippen LogP contribution in [0.25, 0.3) is 22.0 Å². The predicted octanol–water partition coefficient (Wildman–Crippen LogP) is 3.60. The van der Waals surface area contributed by atoms with Gasteiger partial charge in [0.25, 0.3) is 0 Å². The highest BCUT2D eigenvalue weighted by Gasteiger charge is 2.25. The summed E-state index contributed by atoms with van der Waals surface area (Å²) < 4.78 is 15.5. The molecule has 0 N–H and O–H groups in total. The van der Waals surface area contributed by atoms with E-state index in [2.05, 4.69) is 5.16 Å². The molecular weight excluding hydrogens is 282 g/mol. The summed E-state index contributed by atoms with van der Waals surface area (Å²) in [6, 6.07) is 11.6. The maximum atomic E-state index is 12.1. The second-order valence-electron chi connectivity index (χ2n) is 4.82. The first kappa shape index (κ1) is 14.1. The van der Waals surface area contributed by atoms with Gasteiger partial charge in [-0.3, -0.25) is 0 Å². The number of aromatic nitrogens is 1. The number of nitrogens with zero attached hydrogens (tertiary/aromatic N) is 1. The van der Waals surface area contributed by atoms with Gasteiger partial charge in [0.15, 0.2) is 0 Å². The topological polar surface area (TPSA) is 61.6 Å². The van der Waals surface area contributed by atoms with Crippen molar-refractivity contribution in [1.82, 2.24) is 5.16 Å². The second kappa shape index (κ2) is 5.52. The molecule has 0 amide bonds. The molecule has 0 aliphatic carbocycles. The van der Waals surface area contributed by atoms with Crippen LogP contribution in [0.5, 0.6) is 5.75 Å². The molecule has 1 aromatic heterocycles. The van der Waals surface area contributed by atoms with E-state index in [0.717, 1.165) is 16.3 Å². The van der Waals surface area contributed by atoms with Gasteiger partial charge >= 0.3 is 5.97 Å². The summed E-state index contributed by atoms with van der Waals surface area (Å²) in [7, 11) is 2.91. The van der Waals surface area contributed by atoms with Crippen molar-refractivity contribution in [2.24, 2.45) is 0 Å². The predicted molar refractivity (Wildman–Crippen MR) is 82.1 cm³/mol. The number of methoxy groups -OCH3 is 2. The highest BCUT2D eigenvalue weighted by molar-refractivity contribution is 6.05. The van der Waals surface area contributed by atoms with Gasteiger partial charge in [0.05, 0.1) is 19.8 Å². The molecule has 2 aromatic carbocycles. The highest BCUT2D eigenvalue weighted by atomic mass is 16.5. The minimum Gasteiger partial charge on any atom is -0.496 e. The molecule has 0 saturated heterocycles. The summed E-state index contributed by atoms with van der Waals surface area (Å²) in [6.45, 7) is 1.68. The van der Waals surface area contributed by atoms with Crippen LogP contribution in [0, 0.1) is 6.92 Å². The molecular formula is C17H15NO4. The summed E-state index contributed by atoms with van der Waals surface area (Å²) in [6.07, 6.45) is 0. The van der Waals surface area contributed by atoms with E-state index in [0.29, 0.717) is 22.8 Å². The number of hydrogen-bond acceptors (Lipinski definition) is 5. The van der Waals surface area contributed by atoms with Crippen LogP contribution in [-0.2, 0) is 4.74 Å². The van der Waals surface area contributed by atoms with Gasteiger partial charge in [-0.2, -0.15) is 0 Å². The zero-order valence-electron chi connectivity index (χ0n) is 12.5. The fraction of sp³-hybridized carbons (Fsp3) is 0.176. The maximum Gasteiger partial charge on any atom is 0.343 e. The van der Waals surface area contributed by atoms with E-state index in [4.69, 9.17) is 14.0 Å². The molecule has 1 heterocycles. The van der Waals surface area contributed by atoms with Crippen LogP contribution in [0.15, 0.2) is 40.9 Å². The van der Waals surface area contributed by atoms with E-state index in [1.54, 1.807) is 14.0 Å². The van der Waals surface area contributed by atoms with E-state index >= 15 is 0 Å². The second-order valence-corrected chi connectivity index (χ2v) is 4.82. The minimum atomic E-state index is -0.483. The van der Waals surface area contributed by atoms with Crippen LogP contribution < -0.4 is 4.74 Å². The van der Waals surface area contributed by atoms with E-state index in [1.165, 1.54) is 7.11 Å². The lowest BCUT2D eigenvalue weighted by Crippen LogP contribution is -2.04. The van der Waals surface area contributed by atoms with Gasteiger partial charge in [0.2, 0.25) is 0 Å². The third-order valence-corrected chi connectivity index (χ3v) is 3.60. The number of ether oxygens (including phenoxy) is 2. The first-order valence-corrected chi connectivity index (χ1v) is 6.78. The summed E-state index contributed by atoms with van der Waals surface area (Å²) >= 11 is 0. The van der Waals surface area contributed by atoms with Crippen LogP contribution >= 0.6 is 0 Å². The van der Waals surface area contributed by atoms with Crippen LogP contribution in [0.4, 0.5) is 0 Å². The lowest BCUT2D eigenvalue weighted by Gasteiger charge is -2.11. The Morgan fingerprint density at radius 2 is 1.91 bits per heavy atom. The Morgan fingerprint density at radius 3 is 2.64 bits per heavy atom. The van der Waals surface area contributed by atoms with Crippen molar-refractivity contribution in [3.05, 3.63) is 47.7 Å². The van der Waals surface area contributed by atoms with Gasteiger partial charge in [-0.25, -0.2) is 4.79 Å². The van der Waals surface area contributed by atoms with Crippen LogP contribution in [0.2, 0.25) is 0 Å². The van der Waals surface area contributed by atoms with E-state index in [9.17, 15) is 4.79 Å². The molecule has 0 fully saturated rings. The smallest absolute Gasteiger partial charge is 0.343 e. The molecule has 0 aliphatic rings. The Bertz CT molecular complexity index is 851.